The average molecular weight is 247 g/mol. The van der Waals surface area contributed by atoms with Gasteiger partial charge in [-0.25, -0.2) is 14.4 Å². The van der Waals surface area contributed by atoms with E-state index in [4.69, 9.17) is 5.73 Å². The minimum absolute atomic E-state index is 0.0279. The van der Waals surface area contributed by atoms with Crippen molar-refractivity contribution in [2.75, 3.05) is 6.54 Å². The Bertz CT molecular complexity index is 560. The fourth-order valence-electron chi connectivity index (χ4n) is 1.65. The van der Waals surface area contributed by atoms with Crippen LogP contribution in [0, 0.1) is 12.7 Å². The molecule has 0 saturated carbocycles. The van der Waals surface area contributed by atoms with Crippen molar-refractivity contribution in [2.24, 2.45) is 5.73 Å². The minimum atomic E-state index is -0.935. The summed E-state index contributed by atoms with van der Waals surface area (Å²) in [4.78, 5) is 8.25. The number of rotatable bonds is 3. The van der Waals surface area contributed by atoms with E-state index < -0.39 is 6.10 Å². The molecule has 18 heavy (non-hydrogen) atoms. The van der Waals surface area contributed by atoms with Crippen molar-refractivity contribution >= 4 is 0 Å². The second-order valence-corrected chi connectivity index (χ2v) is 3.98. The Balaban J connectivity index is 2.52. The third-order valence-electron chi connectivity index (χ3n) is 2.54. The van der Waals surface area contributed by atoms with Crippen LogP contribution in [0.5, 0.6) is 0 Å². The third-order valence-corrected chi connectivity index (χ3v) is 2.54. The van der Waals surface area contributed by atoms with Crippen molar-refractivity contribution in [3.8, 4) is 11.3 Å². The standard InChI is InChI=1S/C13H14FN3O/c1-8-6-11(9-4-2-3-5-10(9)14)17-13(16-8)12(18)7-15/h2-6,12,18H,7,15H2,1H3. The molecule has 0 fully saturated rings. The maximum atomic E-state index is 13.7. The van der Waals surface area contributed by atoms with Crippen LogP contribution in [0.25, 0.3) is 11.3 Å². The van der Waals surface area contributed by atoms with E-state index in [0.29, 0.717) is 17.0 Å². The van der Waals surface area contributed by atoms with Gasteiger partial charge in [-0.3, -0.25) is 0 Å². The summed E-state index contributed by atoms with van der Waals surface area (Å²) in [5.74, 6) is -0.139. The molecule has 2 aromatic rings. The molecule has 5 heteroatoms. The van der Waals surface area contributed by atoms with Crippen molar-refractivity contribution in [3.63, 3.8) is 0 Å². The van der Waals surface area contributed by atoms with E-state index in [0.717, 1.165) is 0 Å². The Labute approximate surface area is 104 Å². The number of aromatic nitrogens is 2. The zero-order chi connectivity index (χ0) is 13.1. The fourth-order valence-corrected chi connectivity index (χ4v) is 1.65. The molecule has 0 spiro atoms. The number of aliphatic hydroxyl groups is 1. The van der Waals surface area contributed by atoms with Crippen molar-refractivity contribution in [1.82, 2.24) is 9.97 Å². The molecule has 0 bridgehead atoms. The number of hydrogen-bond acceptors (Lipinski definition) is 4. The smallest absolute Gasteiger partial charge is 0.159 e. The average Bonchev–Trinajstić information content (AvgIpc) is 2.37. The van der Waals surface area contributed by atoms with Crippen LogP contribution >= 0.6 is 0 Å². The van der Waals surface area contributed by atoms with Crippen molar-refractivity contribution < 1.29 is 9.50 Å². The van der Waals surface area contributed by atoms with E-state index in [2.05, 4.69) is 9.97 Å². The molecule has 4 nitrogen and oxygen atoms in total. The van der Waals surface area contributed by atoms with Crippen LogP contribution in [0.2, 0.25) is 0 Å². The summed E-state index contributed by atoms with van der Waals surface area (Å²) < 4.78 is 13.7. The molecule has 0 aliphatic heterocycles. The van der Waals surface area contributed by atoms with Gasteiger partial charge in [0.1, 0.15) is 11.9 Å². The first kappa shape index (κ1) is 12.6. The summed E-state index contributed by atoms with van der Waals surface area (Å²) in [6.07, 6.45) is -0.935. The van der Waals surface area contributed by atoms with Gasteiger partial charge in [0.05, 0.1) is 5.69 Å². The van der Waals surface area contributed by atoms with Gasteiger partial charge in [-0.05, 0) is 25.1 Å². The van der Waals surface area contributed by atoms with Crippen LogP contribution in [0.3, 0.4) is 0 Å². The molecule has 0 aliphatic carbocycles. The van der Waals surface area contributed by atoms with Gasteiger partial charge in [0.15, 0.2) is 5.82 Å². The first-order chi connectivity index (χ1) is 8.61. The van der Waals surface area contributed by atoms with Gasteiger partial charge in [0.25, 0.3) is 0 Å². The third kappa shape index (κ3) is 2.52. The lowest BCUT2D eigenvalue weighted by molar-refractivity contribution is 0.176. The van der Waals surface area contributed by atoms with Gasteiger partial charge >= 0.3 is 0 Å². The summed E-state index contributed by atoms with van der Waals surface area (Å²) in [5.41, 5.74) is 6.86. The summed E-state index contributed by atoms with van der Waals surface area (Å²) in [6, 6.07) is 8.02. The van der Waals surface area contributed by atoms with Crippen molar-refractivity contribution in [1.29, 1.82) is 0 Å². The molecule has 1 heterocycles. The second-order valence-electron chi connectivity index (χ2n) is 3.98. The van der Waals surface area contributed by atoms with E-state index in [-0.39, 0.29) is 18.2 Å². The molecule has 2 rings (SSSR count). The molecule has 1 unspecified atom stereocenters. The summed E-state index contributed by atoms with van der Waals surface area (Å²) in [5, 5.41) is 9.65. The lowest BCUT2D eigenvalue weighted by atomic mass is 10.1. The second kappa shape index (κ2) is 5.20. The Morgan fingerprint density at radius 3 is 2.72 bits per heavy atom. The molecule has 1 atom stereocenters. The first-order valence-electron chi connectivity index (χ1n) is 5.60. The van der Waals surface area contributed by atoms with Gasteiger partial charge in [-0.15, -0.1) is 0 Å². The predicted octanol–water partition coefficient (Wildman–Crippen LogP) is 1.58. The number of nitrogens with two attached hydrogens (primary N) is 1. The molecule has 1 aromatic heterocycles. The maximum absolute atomic E-state index is 13.7. The Morgan fingerprint density at radius 1 is 1.33 bits per heavy atom. The number of halogens is 1. The quantitative estimate of drug-likeness (QED) is 0.863. The molecular weight excluding hydrogens is 233 g/mol. The van der Waals surface area contributed by atoms with Gasteiger partial charge in [0, 0.05) is 17.8 Å². The number of aliphatic hydroxyl groups excluding tert-OH is 1. The van der Waals surface area contributed by atoms with Gasteiger partial charge < -0.3 is 10.8 Å². The predicted molar refractivity (Wildman–Crippen MR) is 66.2 cm³/mol. The van der Waals surface area contributed by atoms with E-state index in [1.165, 1.54) is 6.07 Å². The molecule has 0 saturated heterocycles. The zero-order valence-corrected chi connectivity index (χ0v) is 9.97. The normalized spacial score (nSPS) is 12.4. The summed E-state index contributed by atoms with van der Waals surface area (Å²) in [6.45, 7) is 1.79. The van der Waals surface area contributed by atoms with E-state index in [1.54, 1.807) is 31.2 Å². The van der Waals surface area contributed by atoms with Crippen LogP contribution in [0.15, 0.2) is 30.3 Å². The van der Waals surface area contributed by atoms with Gasteiger partial charge in [0.2, 0.25) is 0 Å². The number of nitrogens with zero attached hydrogens (tertiary/aromatic N) is 2. The van der Waals surface area contributed by atoms with Crippen LogP contribution < -0.4 is 5.73 Å². The highest BCUT2D eigenvalue weighted by atomic mass is 19.1. The SMILES string of the molecule is Cc1cc(-c2ccccc2F)nc(C(O)CN)n1. The Hall–Kier alpha value is -1.85. The highest BCUT2D eigenvalue weighted by Crippen LogP contribution is 2.22. The highest BCUT2D eigenvalue weighted by molar-refractivity contribution is 5.60. The van der Waals surface area contributed by atoms with Crippen molar-refractivity contribution in [3.05, 3.63) is 47.7 Å². The van der Waals surface area contributed by atoms with Crippen LogP contribution in [-0.4, -0.2) is 21.6 Å². The van der Waals surface area contributed by atoms with Crippen LogP contribution in [0.4, 0.5) is 4.39 Å². The Morgan fingerprint density at radius 2 is 2.06 bits per heavy atom. The monoisotopic (exact) mass is 247 g/mol. The summed E-state index contributed by atoms with van der Waals surface area (Å²) in [7, 11) is 0. The topological polar surface area (TPSA) is 72.0 Å². The van der Waals surface area contributed by atoms with E-state index in [1.807, 2.05) is 0 Å². The number of hydrogen-bond donors (Lipinski definition) is 2. The number of aryl methyl sites for hydroxylation is 1. The minimum Gasteiger partial charge on any atom is -0.384 e. The fraction of sp³-hybridized carbons (Fsp3) is 0.231. The van der Waals surface area contributed by atoms with Gasteiger partial charge in [-0.2, -0.15) is 0 Å². The van der Waals surface area contributed by atoms with Gasteiger partial charge in [-0.1, -0.05) is 12.1 Å². The first-order valence-corrected chi connectivity index (χ1v) is 5.60. The van der Waals surface area contributed by atoms with E-state index in [9.17, 15) is 9.50 Å². The largest absolute Gasteiger partial charge is 0.384 e. The van der Waals surface area contributed by atoms with Crippen LogP contribution in [0.1, 0.15) is 17.6 Å². The molecule has 1 aromatic carbocycles. The Kier molecular flexibility index (Phi) is 3.64. The number of benzene rings is 1. The van der Waals surface area contributed by atoms with Crippen molar-refractivity contribution in [2.45, 2.75) is 13.0 Å². The molecule has 0 radical (unpaired) electrons. The maximum Gasteiger partial charge on any atom is 0.159 e. The molecular formula is C13H14FN3O. The molecule has 0 aliphatic rings. The lowest BCUT2D eigenvalue weighted by Crippen LogP contribution is -2.15. The molecule has 94 valence electrons. The van der Waals surface area contributed by atoms with E-state index >= 15 is 0 Å². The molecule has 0 amide bonds. The zero-order valence-electron chi connectivity index (χ0n) is 9.97. The van der Waals surface area contributed by atoms with Crippen LogP contribution in [-0.2, 0) is 0 Å². The summed E-state index contributed by atoms with van der Waals surface area (Å²) >= 11 is 0. The lowest BCUT2D eigenvalue weighted by Gasteiger charge is -2.10. The molecule has 3 N–H and O–H groups in total. The highest BCUT2D eigenvalue weighted by Gasteiger charge is 2.13.